The van der Waals surface area contributed by atoms with Gasteiger partial charge in [0.25, 0.3) is 0 Å². The van der Waals surface area contributed by atoms with Gasteiger partial charge in [-0.2, -0.15) is 0 Å². The van der Waals surface area contributed by atoms with Crippen molar-refractivity contribution in [1.82, 2.24) is 0 Å². The molecule has 0 fully saturated rings. The van der Waals surface area contributed by atoms with Crippen LogP contribution in [0.1, 0.15) is 27.9 Å². The second-order valence-electron chi connectivity index (χ2n) is 5.68. The number of rotatable bonds is 5. The molecule has 0 spiro atoms. The minimum atomic E-state index is 0.00164. The second kappa shape index (κ2) is 6.69. The van der Waals surface area contributed by atoms with E-state index < -0.39 is 0 Å². The molecule has 0 saturated carbocycles. The summed E-state index contributed by atoms with van der Waals surface area (Å²) in [5, 5.41) is 0. The summed E-state index contributed by atoms with van der Waals surface area (Å²) in [4.78, 5) is 12.6. The predicted octanol–water partition coefficient (Wildman–Crippen LogP) is 4.16. The number of fused-ring (bicyclic) bond motifs is 1. The van der Waals surface area contributed by atoms with Crippen LogP contribution in [0.15, 0.2) is 48.5 Å². The van der Waals surface area contributed by atoms with Crippen LogP contribution in [-0.4, -0.2) is 20.0 Å². The smallest absolute Gasteiger partial charge is 0.167 e. The number of hydrogen-bond donors (Lipinski definition) is 0. The molecule has 3 rings (SSSR count). The number of benzene rings is 2. The zero-order valence-electron chi connectivity index (χ0n) is 13.4. The molecule has 1 unspecified atom stereocenters. The number of Topliss-reactive ketones (excluding diaryl/α,β-unsaturated/α-hetero) is 1. The highest BCUT2D eigenvalue weighted by Gasteiger charge is 2.31. The number of carbonyl (C=O) groups excluding carboxylic acids is 1. The highest BCUT2D eigenvalue weighted by atomic mass is 16.5. The third-order valence-electron chi connectivity index (χ3n) is 4.24. The standard InChI is InChI=1S/C20H20O3/c1-22-18-12-16-11-15(20(21)17(16)13-19(18)23-2)10-6-9-14-7-4-3-5-8-14/h3-9,12-13,15H,10-11H2,1-2H3/b9-6+. The Labute approximate surface area is 136 Å². The lowest BCUT2D eigenvalue weighted by Gasteiger charge is -2.09. The fourth-order valence-corrected chi connectivity index (χ4v) is 3.02. The molecule has 0 heterocycles. The van der Waals surface area contributed by atoms with Gasteiger partial charge in [-0.05, 0) is 36.1 Å². The Balaban J connectivity index is 1.74. The maximum Gasteiger partial charge on any atom is 0.167 e. The van der Waals surface area contributed by atoms with E-state index in [4.69, 9.17) is 9.47 Å². The average molecular weight is 308 g/mol. The van der Waals surface area contributed by atoms with Gasteiger partial charge in [-0.3, -0.25) is 4.79 Å². The Morgan fingerprint density at radius 3 is 2.48 bits per heavy atom. The van der Waals surface area contributed by atoms with Gasteiger partial charge < -0.3 is 9.47 Å². The van der Waals surface area contributed by atoms with Crippen LogP contribution in [0, 0.1) is 5.92 Å². The van der Waals surface area contributed by atoms with Crippen molar-refractivity contribution in [3.8, 4) is 11.5 Å². The van der Waals surface area contributed by atoms with Crippen LogP contribution < -0.4 is 9.47 Å². The van der Waals surface area contributed by atoms with Crippen LogP contribution in [0.3, 0.4) is 0 Å². The number of ketones is 1. The molecule has 118 valence electrons. The first-order valence-corrected chi connectivity index (χ1v) is 7.73. The molecule has 2 aromatic rings. The summed E-state index contributed by atoms with van der Waals surface area (Å²) in [6.07, 6.45) is 5.65. The van der Waals surface area contributed by atoms with Crippen molar-refractivity contribution in [3.05, 3.63) is 65.2 Å². The molecule has 23 heavy (non-hydrogen) atoms. The SMILES string of the molecule is COc1cc2c(cc1OC)C(=O)C(C/C=C/c1ccccc1)C2. The van der Waals surface area contributed by atoms with E-state index in [1.807, 2.05) is 24.3 Å². The molecule has 0 radical (unpaired) electrons. The first-order valence-electron chi connectivity index (χ1n) is 7.73. The summed E-state index contributed by atoms with van der Waals surface area (Å²) in [5.74, 6) is 1.49. The maximum atomic E-state index is 12.6. The van der Waals surface area contributed by atoms with E-state index in [0.717, 1.165) is 29.5 Å². The Kier molecular flexibility index (Phi) is 4.47. The molecule has 0 saturated heterocycles. The Bertz CT molecular complexity index is 732. The first kappa shape index (κ1) is 15.3. The van der Waals surface area contributed by atoms with E-state index in [1.54, 1.807) is 20.3 Å². The van der Waals surface area contributed by atoms with E-state index in [2.05, 4.69) is 24.3 Å². The van der Waals surface area contributed by atoms with Gasteiger partial charge in [0.1, 0.15) is 0 Å². The predicted molar refractivity (Wildman–Crippen MR) is 91.2 cm³/mol. The fraction of sp³-hybridized carbons (Fsp3) is 0.250. The number of methoxy groups -OCH3 is 2. The van der Waals surface area contributed by atoms with Crippen LogP contribution in [0.5, 0.6) is 11.5 Å². The van der Waals surface area contributed by atoms with Gasteiger partial charge in [-0.25, -0.2) is 0 Å². The second-order valence-corrected chi connectivity index (χ2v) is 5.68. The molecule has 0 bridgehead atoms. The molecule has 0 aliphatic heterocycles. The highest BCUT2D eigenvalue weighted by Crippen LogP contribution is 2.37. The van der Waals surface area contributed by atoms with E-state index >= 15 is 0 Å². The van der Waals surface area contributed by atoms with Crippen LogP contribution in [0.4, 0.5) is 0 Å². The number of hydrogen-bond acceptors (Lipinski definition) is 3. The molecular weight excluding hydrogens is 288 g/mol. The van der Waals surface area contributed by atoms with Crippen LogP contribution >= 0.6 is 0 Å². The fourth-order valence-electron chi connectivity index (χ4n) is 3.02. The summed E-state index contributed by atoms with van der Waals surface area (Å²) in [6.45, 7) is 0. The monoisotopic (exact) mass is 308 g/mol. The van der Waals surface area contributed by atoms with Gasteiger partial charge in [0.05, 0.1) is 14.2 Å². The Hall–Kier alpha value is -2.55. The average Bonchev–Trinajstić information content (AvgIpc) is 2.90. The van der Waals surface area contributed by atoms with Crippen LogP contribution in [0.2, 0.25) is 0 Å². The van der Waals surface area contributed by atoms with Crippen LogP contribution in [-0.2, 0) is 6.42 Å². The van der Waals surface area contributed by atoms with Crippen molar-refractivity contribution in [2.75, 3.05) is 14.2 Å². The van der Waals surface area contributed by atoms with Gasteiger partial charge in [0, 0.05) is 11.5 Å². The van der Waals surface area contributed by atoms with Gasteiger partial charge in [-0.1, -0.05) is 42.5 Å². The summed E-state index contributed by atoms with van der Waals surface area (Å²) in [7, 11) is 3.20. The van der Waals surface area contributed by atoms with Crippen molar-refractivity contribution in [3.63, 3.8) is 0 Å². The quantitative estimate of drug-likeness (QED) is 0.832. The maximum absolute atomic E-state index is 12.6. The van der Waals surface area contributed by atoms with E-state index in [1.165, 1.54) is 0 Å². The Morgan fingerprint density at radius 2 is 1.78 bits per heavy atom. The summed E-state index contributed by atoms with van der Waals surface area (Å²) < 4.78 is 10.6. The van der Waals surface area contributed by atoms with Gasteiger partial charge in [0.2, 0.25) is 0 Å². The number of allylic oxidation sites excluding steroid dienone is 1. The molecule has 0 aromatic heterocycles. The molecule has 0 amide bonds. The minimum absolute atomic E-state index is 0.00164. The summed E-state index contributed by atoms with van der Waals surface area (Å²) in [5.41, 5.74) is 2.96. The molecule has 3 heteroatoms. The molecule has 2 aromatic carbocycles. The van der Waals surface area contributed by atoms with Crippen molar-refractivity contribution in [2.45, 2.75) is 12.8 Å². The highest BCUT2D eigenvalue weighted by molar-refractivity contribution is 6.03. The lowest BCUT2D eigenvalue weighted by Crippen LogP contribution is -2.07. The first-order chi connectivity index (χ1) is 11.2. The molecular formula is C20H20O3. The zero-order valence-corrected chi connectivity index (χ0v) is 13.4. The van der Waals surface area contributed by atoms with Crippen molar-refractivity contribution >= 4 is 11.9 Å². The largest absolute Gasteiger partial charge is 0.493 e. The van der Waals surface area contributed by atoms with Crippen molar-refractivity contribution < 1.29 is 14.3 Å². The number of ether oxygens (including phenoxy) is 2. The normalized spacial score (nSPS) is 16.6. The molecule has 1 atom stereocenters. The Morgan fingerprint density at radius 1 is 1.09 bits per heavy atom. The number of carbonyl (C=O) groups is 1. The van der Waals surface area contributed by atoms with Crippen molar-refractivity contribution in [2.24, 2.45) is 5.92 Å². The molecule has 1 aliphatic rings. The van der Waals surface area contributed by atoms with E-state index in [9.17, 15) is 4.79 Å². The van der Waals surface area contributed by atoms with Crippen LogP contribution in [0.25, 0.3) is 6.08 Å². The summed E-state index contributed by atoms with van der Waals surface area (Å²) >= 11 is 0. The lowest BCUT2D eigenvalue weighted by atomic mass is 10.0. The topological polar surface area (TPSA) is 35.5 Å². The third-order valence-corrected chi connectivity index (χ3v) is 4.24. The summed E-state index contributed by atoms with van der Waals surface area (Å²) in [6, 6.07) is 13.8. The minimum Gasteiger partial charge on any atom is -0.493 e. The third kappa shape index (κ3) is 3.14. The molecule has 3 nitrogen and oxygen atoms in total. The van der Waals surface area contributed by atoms with Gasteiger partial charge >= 0.3 is 0 Å². The molecule has 1 aliphatic carbocycles. The van der Waals surface area contributed by atoms with E-state index in [0.29, 0.717) is 11.5 Å². The van der Waals surface area contributed by atoms with Gasteiger partial charge in [-0.15, -0.1) is 0 Å². The van der Waals surface area contributed by atoms with E-state index in [-0.39, 0.29) is 11.7 Å². The molecule has 0 N–H and O–H groups in total. The zero-order chi connectivity index (χ0) is 16.2. The van der Waals surface area contributed by atoms with Crippen molar-refractivity contribution in [1.29, 1.82) is 0 Å². The lowest BCUT2D eigenvalue weighted by molar-refractivity contribution is 0.0937. The van der Waals surface area contributed by atoms with Gasteiger partial charge in [0.15, 0.2) is 17.3 Å².